The maximum Gasteiger partial charge on any atom is 0.237 e. The predicted molar refractivity (Wildman–Crippen MR) is 87.3 cm³/mol. The molecule has 0 aromatic heterocycles. The monoisotopic (exact) mass is 308 g/mol. The van der Waals surface area contributed by atoms with Gasteiger partial charge >= 0.3 is 0 Å². The molecule has 2 rings (SSSR count). The Bertz CT molecular complexity index is 435. The molecule has 1 N–H and O–H groups in total. The fourth-order valence-electron chi connectivity index (χ4n) is 2.53. The second kappa shape index (κ2) is 8.41. The molecule has 0 spiro atoms. The number of carbonyl (C=O) groups excluding carboxylic acids is 1. The van der Waals surface area contributed by atoms with E-state index < -0.39 is 0 Å². The first-order valence-electron chi connectivity index (χ1n) is 7.41. The van der Waals surface area contributed by atoms with Crippen molar-refractivity contribution in [1.29, 1.82) is 0 Å². The van der Waals surface area contributed by atoms with Crippen molar-refractivity contribution in [3.8, 4) is 0 Å². The van der Waals surface area contributed by atoms with Gasteiger partial charge in [-0.1, -0.05) is 30.3 Å². The van der Waals surface area contributed by atoms with Gasteiger partial charge in [0.05, 0.1) is 13.2 Å². The van der Waals surface area contributed by atoms with Crippen LogP contribution >= 0.6 is 11.8 Å². The van der Waals surface area contributed by atoms with Gasteiger partial charge in [0.15, 0.2) is 0 Å². The zero-order chi connectivity index (χ0) is 15.1. The molecular weight excluding hydrogens is 284 g/mol. The zero-order valence-electron chi connectivity index (χ0n) is 12.6. The number of amides is 1. The van der Waals surface area contributed by atoms with Gasteiger partial charge in [0.1, 0.15) is 0 Å². The Labute approximate surface area is 131 Å². The molecule has 116 valence electrons. The number of nitrogens with zero attached hydrogens (tertiary/aromatic N) is 2. The number of benzene rings is 1. The van der Waals surface area contributed by atoms with E-state index >= 15 is 0 Å². The number of thioether (sulfide) groups is 1. The molecule has 1 fully saturated rings. The van der Waals surface area contributed by atoms with Gasteiger partial charge in [-0.15, -0.1) is 0 Å². The minimum atomic E-state index is 0.00156. The van der Waals surface area contributed by atoms with Crippen LogP contribution in [-0.2, 0) is 11.3 Å². The zero-order valence-corrected chi connectivity index (χ0v) is 13.4. The SMILES string of the molecule is CN(CC(=O)N(CCO)Cc1ccccc1)C1CCSC1. The highest BCUT2D eigenvalue weighted by atomic mass is 32.2. The average molecular weight is 308 g/mol. The summed E-state index contributed by atoms with van der Waals surface area (Å²) >= 11 is 1.95. The molecule has 1 unspecified atom stereocenters. The number of hydrogen-bond acceptors (Lipinski definition) is 4. The average Bonchev–Trinajstić information content (AvgIpc) is 3.02. The Morgan fingerprint density at radius 2 is 2.14 bits per heavy atom. The lowest BCUT2D eigenvalue weighted by molar-refractivity contribution is -0.133. The van der Waals surface area contributed by atoms with Gasteiger partial charge in [-0.25, -0.2) is 0 Å². The van der Waals surface area contributed by atoms with Gasteiger partial charge < -0.3 is 10.0 Å². The van der Waals surface area contributed by atoms with Gasteiger partial charge in [0, 0.05) is 24.9 Å². The van der Waals surface area contributed by atoms with Crippen LogP contribution < -0.4 is 0 Å². The molecule has 0 saturated carbocycles. The van der Waals surface area contributed by atoms with E-state index in [4.69, 9.17) is 0 Å². The van der Waals surface area contributed by atoms with E-state index in [2.05, 4.69) is 4.90 Å². The highest BCUT2D eigenvalue weighted by molar-refractivity contribution is 7.99. The maximum absolute atomic E-state index is 12.5. The van der Waals surface area contributed by atoms with Crippen LogP contribution in [0, 0.1) is 0 Å². The first-order valence-corrected chi connectivity index (χ1v) is 8.56. The van der Waals surface area contributed by atoms with Crippen molar-refractivity contribution in [3.05, 3.63) is 35.9 Å². The molecule has 1 aliphatic rings. The summed E-state index contributed by atoms with van der Waals surface area (Å²) in [4.78, 5) is 16.4. The van der Waals surface area contributed by atoms with E-state index in [1.807, 2.05) is 49.1 Å². The smallest absolute Gasteiger partial charge is 0.237 e. The van der Waals surface area contributed by atoms with Crippen molar-refractivity contribution in [3.63, 3.8) is 0 Å². The molecular formula is C16H24N2O2S. The van der Waals surface area contributed by atoms with E-state index in [1.165, 1.54) is 5.75 Å². The van der Waals surface area contributed by atoms with Crippen molar-refractivity contribution in [2.75, 3.05) is 38.2 Å². The van der Waals surface area contributed by atoms with Crippen LogP contribution in [-0.4, -0.2) is 65.1 Å². The molecule has 0 aliphatic carbocycles. The number of likely N-dealkylation sites (N-methyl/N-ethyl adjacent to an activating group) is 1. The maximum atomic E-state index is 12.5. The minimum absolute atomic E-state index is 0.00156. The molecule has 4 nitrogen and oxygen atoms in total. The normalized spacial score (nSPS) is 18.1. The molecule has 1 aromatic rings. The van der Waals surface area contributed by atoms with Crippen molar-refractivity contribution < 1.29 is 9.90 Å². The van der Waals surface area contributed by atoms with Gasteiger partial charge in [0.2, 0.25) is 5.91 Å². The van der Waals surface area contributed by atoms with Crippen molar-refractivity contribution in [2.45, 2.75) is 19.0 Å². The molecule has 21 heavy (non-hydrogen) atoms. The lowest BCUT2D eigenvalue weighted by Crippen LogP contribution is -2.43. The fraction of sp³-hybridized carbons (Fsp3) is 0.562. The number of aliphatic hydroxyl groups excluding tert-OH is 1. The second-order valence-electron chi connectivity index (χ2n) is 5.46. The van der Waals surface area contributed by atoms with Crippen molar-refractivity contribution in [2.24, 2.45) is 0 Å². The number of aliphatic hydroxyl groups is 1. The van der Waals surface area contributed by atoms with Crippen LogP contribution in [0.25, 0.3) is 0 Å². The number of rotatable bonds is 7. The summed E-state index contributed by atoms with van der Waals surface area (Å²) in [5.41, 5.74) is 1.10. The fourth-order valence-corrected chi connectivity index (χ4v) is 3.83. The van der Waals surface area contributed by atoms with E-state index in [0.29, 0.717) is 25.7 Å². The number of carbonyl (C=O) groups is 1. The highest BCUT2D eigenvalue weighted by Crippen LogP contribution is 2.21. The minimum Gasteiger partial charge on any atom is -0.395 e. The summed E-state index contributed by atoms with van der Waals surface area (Å²) in [6.07, 6.45) is 1.16. The Morgan fingerprint density at radius 3 is 2.76 bits per heavy atom. The van der Waals surface area contributed by atoms with Crippen molar-refractivity contribution in [1.82, 2.24) is 9.80 Å². The first-order chi connectivity index (χ1) is 10.2. The lowest BCUT2D eigenvalue weighted by atomic mass is 10.2. The third-order valence-corrected chi connectivity index (χ3v) is 5.00. The highest BCUT2D eigenvalue weighted by Gasteiger charge is 2.23. The first kappa shape index (κ1) is 16.3. The Hall–Kier alpha value is -1.04. The van der Waals surface area contributed by atoms with Crippen LogP contribution in [0.15, 0.2) is 30.3 Å². The molecule has 0 radical (unpaired) electrons. The quantitative estimate of drug-likeness (QED) is 0.828. The van der Waals surface area contributed by atoms with E-state index in [0.717, 1.165) is 17.7 Å². The van der Waals surface area contributed by atoms with Crippen LogP contribution in [0.1, 0.15) is 12.0 Å². The standard InChI is InChI=1S/C16H24N2O2S/c1-17(15-7-10-21-13-15)12-16(20)18(8-9-19)11-14-5-3-2-4-6-14/h2-6,15,19H,7-13H2,1H3. The second-order valence-corrected chi connectivity index (χ2v) is 6.61. The van der Waals surface area contributed by atoms with Gasteiger partial charge in [-0.05, 0) is 24.8 Å². The third kappa shape index (κ3) is 5.02. The van der Waals surface area contributed by atoms with Crippen molar-refractivity contribution >= 4 is 17.7 Å². The Morgan fingerprint density at radius 1 is 1.38 bits per heavy atom. The molecule has 1 aliphatic heterocycles. The Kier molecular flexibility index (Phi) is 6.54. The van der Waals surface area contributed by atoms with E-state index in [1.54, 1.807) is 4.90 Å². The van der Waals surface area contributed by atoms with Gasteiger partial charge in [-0.2, -0.15) is 11.8 Å². The van der Waals surface area contributed by atoms with Crippen LogP contribution in [0.5, 0.6) is 0 Å². The third-order valence-electron chi connectivity index (χ3n) is 3.85. The van der Waals surface area contributed by atoms with Gasteiger partial charge in [-0.3, -0.25) is 9.69 Å². The molecule has 0 bridgehead atoms. The summed E-state index contributed by atoms with van der Waals surface area (Å²) in [7, 11) is 2.02. The molecule has 1 amide bonds. The van der Waals surface area contributed by atoms with Gasteiger partial charge in [0.25, 0.3) is 0 Å². The van der Waals surface area contributed by atoms with Crippen LogP contribution in [0.3, 0.4) is 0 Å². The van der Waals surface area contributed by atoms with Crippen LogP contribution in [0.4, 0.5) is 0 Å². The summed E-state index contributed by atoms with van der Waals surface area (Å²) in [6, 6.07) is 10.4. The molecule has 1 saturated heterocycles. The molecule has 1 aromatic carbocycles. The lowest BCUT2D eigenvalue weighted by Gasteiger charge is -2.28. The topological polar surface area (TPSA) is 43.8 Å². The summed E-state index contributed by atoms with van der Waals surface area (Å²) in [6.45, 7) is 1.38. The summed E-state index contributed by atoms with van der Waals surface area (Å²) < 4.78 is 0. The Balaban J connectivity index is 1.91. The predicted octanol–water partition coefficient (Wildman–Crippen LogP) is 1.44. The summed E-state index contributed by atoms with van der Waals surface area (Å²) in [5, 5.41) is 9.20. The van der Waals surface area contributed by atoms with Crippen LogP contribution in [0.2, 0.25) is 0 Å². The van der Waals surface area contributed by atoms with E-state index in [9.17, 15) is 9.90 Å². The largest absolute Gasteiger partial charge is 0.395 e. The molecule has 1 atom stereocenters. The number of hydrogen-bond donors (Lipinski definition) is 1. The molecule has 5 heteroatoms. The molecule has 1 heterocycles. The van der Waals surface area contributed by atoms with E-state index in [-0.39, 0.29) is 12.5 Å². The summed E-state index contributed by atoms with van der Waals surface area (Å²) in [5.74, 6) is 2.39.